The number of hydrogen-bond acceptors (Lipinski definition) is 1. The second-order valence-electron chi connectivity index (χ2n) is 4.52. The van der Waals surface area contributed by atoms with Crippen LogP contribution in [0.5, 0.6) is 0 Å². The predicted octanol–water partition coefficient (Wildman–Crippen LogP) is 3.20. The molecule has 1 fully saturated rings. The summed E-state index contributed by atoms with van der Waals surface area (Å²) in [5, 5.41) is 0. The van der Waals surface area contributed by atoms with Gasteiger partial charge in [0.25, 0.3) is 0 Å². The molecular weight excluding hydrogens is 189 g/mol. The molecule has 1 saturated carbocycles. The van der Waals surface area contributed by atoms with Gasteiger partial charge >= 0.3 is 0 Å². The summed E-state index contributed by atoms with van der Waals surface area (Å²) in [4.78, 5) is 0. The van der Waals surface area contributed by atoms with Crippen molar-refractivity contribution in [3.05, 3.63) is 35.6 Å². The van der Waals surface area contributed by atoms with Crippen molar-refractivity contribution in [2.24, 2.45) is 5.73 Å². The van der Waals surface area contributed by atoms with Gasteiger partial charge in [-0.25, -0.2) is 4.39 Å². The topological polar surface area (TPSA) is 26.0 Å². The molecule has 1 aromatic rings. The maximum atomic E-state index is 13.1. The summed E-state index contributed by atoms with van der Waals surface area (Å²) >= 11 is 0. The van der Waals surface area contributed by atoms with Gasteiger partial charge in [-0.15, -0.1) is 0 Å². The minimum absolute atomic E-state index is 0.124. The molecular formula is C13H18FN. The highest BCUT2D eigenvalue weighted by molar-refractivity contribution is 5.20. The lowest BCUT2D eigenvalue weighted by atomic mass is 9.92. The molecule has 0 radical (unpaired) electrons. The van der Waals surface area contributed by atoms with Crippen molar-refractivity contribution in [3.63, 3.8) is 0 Å². The summed E-state index contributed by atoms with van der Waals surface area (Å²) in [7, 11) is 0. The molecule has 0 heterocycles. The lowest BCUT2D eigenvalue weighted by Gasteiger charge is -2.14. The number of rotatable bonds is 1. The second kappa shape index (κ2) is 4.75. The van der Waals surface area contributed by atoms with E-state index in [-0.39, 0.29) is 5.82 Å². The van der Waals surface area contributed by atoms with E-state index in [1.807, 2.05) is 6.07 Å². The number of hydrogen-bond donors (Lipinski definition) is 1. The average Bonchev–Trinajstić information content (AvgIpc) is 2.43. The molecule has 2 unspecified atom stereocenters. The molecule has 0 saturated heterocycles. The zero-order valence-electron chi connectivity index (χ0n) is 8.95. The van der Waals surface area contributed by atoms with Crippen LogP contribution in [0, 0.1) is 5.82 Å². The van der Waals surface area contributed by atoms with Gasteiger partial charge in [-0.3, -0.25) is 0 Å². The molecule has 1 nitrogen and oxygen atoms in total. The van der Waals surface area contributed by atoms with Gasteiger partial charge in [-0.2, -0.15) is 0 Å². The van der Waals surface area contributed by atoms with Crippen LogP contribution in [-0.4, -0.2) is 6.04 Å². The summed E-state index contributed by atoms with van der Waals surface area (Å²) in [6.07, 6.45) is 5.61. The molecule has 2 rings (SSSR count). The van der Waals surface area contributed by atoms with E-state index in [1.165, 1.54) is 12.5 Å². The van der Waals surface area contributed by atoms with E-state index in [2.05, 4.69) is 0 Å². The van der Waals surface area contributed by atoms with Crippen LogP contribution in [-0.2, 0) is 0 Å². The quantitative estimate of drug-likeness (QED) is 0.703. The van der Waals surface area contributed by atoms with Gasteiger partial charge in [0.1, 0.15) is 5.82 Å². The van der Waals surface area contributed by atoms with Crippen LogP contribution in [0.3, 0.4) is 0 Å². The molecule has 2 N–H and O–H groups in total. The number of halogens is 1. The molecule has 1 aromatic carbocycles. The van der Waals surface area contributed by atoms with Crippen LogP contribution in [0.25, 0.3) is 0 Å². The molecule has 15 heavy (non-hydrogen) atoms. The average molecular weight is 207 g/mol. The first-order valence-electron chi connectivity index (χ1n) is 5.77. The first kappa shape index (κ1) is 10.6. The van der Waals surface area contributed by atoms with Gasteiger partial charge in [-0.05, 0) is 49.3 Å². The van der Waals surface area contributed by atoms with Crippen LogP contribution in [0.15, 0.2) is 24.3 Å². The highest BCUT2D eigenvalue weighted by atomic mass is 19.1. The molecule has 0 aromatic heterocycles. The standard InChI is InChI=1S/C13H18FN/c14-12-5-1-4-11(9-12)10-3-2-6-13(15)8-7-10/h1,4-5,9-10,13H,2-3,6-8,15H2. The Balaban J connectivity index is 2.09. The number of nitrogens with two attached hydrogens (primary N) is 1. The second-order valence-corrected chi connectivity index (χ2v) is 4.52. The van der Waals surface area contributed by atoms with Crippen molar-refractivity contribution in [1.82, 2.24) is 0 Å². The van der Waals surface area contributed by atoms with Crippen LogP contribution in [0.2, 0.25) is 0 Å². The summed E-state index contributed by atoms with van der Waals surface area (Å²) in [5.74, 6) is 0.385. The van der Waals surface area contributed by atoms with E-state index in [9.17, 15) is 4.39 Å². The van der Waals surface area contributed by atoms with Crippen molar-refractivity contribution in [1.29, 1.82) is 0 Å². The summed E-state index contributed by atoms with van der Waals surface area (Å²) in [5.41, 5.74) is 7.07. The molecule has 1 aliphatic carbocycles. The first-order valence-corrected chi connectivity index (χ1v) is 5.77. The SMILES string of the molecule is NC1CCCC(c2cccc(F)c2)CC1. The highest BCUT2D eigenvalue weighted by Gasteiger charge is 2.17. The van der Waals surface area contributed by atoms with Gasteiger partial charge in [0, 0.05) is 6.04 Å². The lowest BCUT2D eigenvalue weighted by molar-refractivity contribution is 0.563. The largest absolute Gasteiger partial charge is 0.328 e. The van der Waals surface area contributed by atoms with E-state index in [1.54, 1.807) is 12.1 Å². The van der Waals surface area contributed by atoms with E-state index >= 15 is 0 Å². The molecule has 0 aliphatic heterocycles. The fourth-order valence-electron chi connectivity index (χ4n) is 2.42. The fourth-order valence-corrected chi connectivity index (χ4v) is 2.42. The van der Waals surface area contributed by atoms with E-state index in [0.29, 0.717) is 12.0 Å². The third-order valence-corrected chi connectivity index (χ3v) is 3.33. The molecule has 0 amide bonds. The zero-order chi connectivity index (χ0) is 10.7. The maximum Gasteiger partial charge on any atom is 0.123 e. The van der Waals surface area contributed by atoms with Crippen LogP contribution >= 0.6 is 0 Å². The third-order valence-electron chi connectivity index (χ3n) is 3.33. The molecule has 1 aliphatic rings. The minimum atomic E-state index is -0.124. The normalized spacial score (nSPS) is 27.3. The van der Waals surface area contributed by atoms with Gasteiger partial charge in [0.05, 0.1) is 0 Å². The minimum Gasteiger partial charge on any atom is -0.328 e. The highest BCUT2D eigenvalue weighted by Crippen LogP contribution is 2.31. The molecule has 0 spiro atoms. The molecule has 0 bridgehead atoms. The summed E-state index contributed by atoms with van der Waals surface area (Å²) in [6, 6.07) is 7.36. The van der Waals surface area contributed by atoms with Gasteiger partial charge in [-0.1, -0.05) is 18.6 Å². The maximum absolute atomic E-state index is 13.1. The van der Waals surface area contributed by atoms with Crippen molar-refractivity contribution < 1.29 is 4.39 Å². The summed E-state index contributed by atoms with van der Waals surface area (Å²) < 4.78 is 13.1. The van der Waals surface area contributed by atoms with E-state index in [4.69, 9.17) is 5.73 Å². The van der Waals surface area contributed by atoms with Crippen molar-refractivity contribution in [2.75, 3.05) is 0 Å². The number of benzene rings is 1. The van der Waals surface area contributed by atoms with Gasteiger partial charge in [0.2, 0.25) is 0 Å². The van der Waals surface area contributed by atoms with Crippen LogP contribution in [0.1, 0.15) is 43.6 Å². The Labute approximate surface area is 90.5 Å². The van der Waals surface area contributed by atoms with Crippen molar-refractivity contribution in [2.45, 2.75) is 44.1 Å². The molecule has 2 heteroatoms. The van der Waals surface area contributed by atoms with Crippen molar-refractivity contribution >= 4 is 0 Å². The zero-order valence-corrected chi connectivity index (χ0v) is 8.95. The van der Waals surface area contributed by atoms with Crippen molar-refractivity contribution in [3.8, 4) is 0 Å². The van der Waals surface area contributed by atoms with Gasteiger partial charge < -0.3 is 5.73 Å². The Hall–Kier alpha value is -0.890. The van der Waals surface area contributed by atoms with E-state index in [0.717, 1.165) is 31.2 Å². The fraction of sp³-hybridized carbons (Fsp3) is 0.538. The predicted molar refractivity (Wildman–Crippen MR) is 60.2 cm³/mol. The Bertz CT molecular complexity index is 324. The smallest absolute Gasteiger partial charge is 0.123 e. The summed E-state index contributed by atoms with van der Waals surface area (Å²) in [6.45, 7) is 0. The molecule has 2 atom stereocenters. The Morgan fingerprint density at radius 1 is 1.13 bits per heavy atom. The van der Waals surface area contributed by atoms with Crippen LogP contribution < -0.4 is 5.73 Å². The third kappa shape index (κ3) is 2.78. The Kier molecular flexibility index (Phi) is 3.37. The van der Waals surface area contributed by atoms with Crippen LogP contribution in [0.4, 0.5) is 4.39 Å². The van der Waals surface area contributed by atoms with E-state index < -0.39 is 0 Å². The Morgan fingerprint density at radius 2 is 2.00 bits per heavy atom. The molecule has 82 valence electrons. The lowest BCUT2D eigenvalue weighted by Crippen LogP contribution is -2.17. The van der Waals surface area contributed by atoms with Gasteiger partial charge in [0.15, 0.2) is 0 Å². The monoisotopic (exact) mass is 207 g/mol. The Morgan fingerprint density at radius 3 is 2.80 bits per heavy atom. The first-order chi connectivity index (χ1) is 7.25.